The van der Waals surface area contributed by atoms with Crippen LogP contribution in [0.15, 0.2) is 29.1 Å². The zero-order valence-electron chi connectivity index (χ0n) is 14.9. The second-order valence-electron chi connectivity index (χ2n) is 6.10. The minimum Gasteiger partial charge on any atom is -0.324 e. The van der Waals surface area contributed by atoms with E-state index in [1.165, 1.54) is 18.3 Å². The van der Waals surface area contributed by atoms with Gasteiger partial charge in [0.25, 0.3) is 5.56 Å². The Morgan fingerprint density at radius 3 is 2.46 bits per heavy atom. The lowest BCUT2D eigenvalue weighted by molar-refractivity contribution is -0.119. The summed E-state index contributed by atoms with van der Waals surface area (Å²) < 4.78 is 1.10. The Hall–Kier alpha value is -2.87. The number of ketones is 1. The van der Waals surface area contributed by atoms with Crippen molar-refractivity contribution in [3.05, 3.63) is 50.6 Å². The van der Waals surface area contributed by atoms with Crippen LogP contribution < -0.4 is 10.9 Å². The number of Topliss-reactive ketones (excluding diaryl/α,β-unsaturated/α-hetero) is 1. The summed E-state index contributed by atoms with van der Waals surface area (Å²) in [5.41, 5.74) is 1.64. The van der Waals surface area contributed by atoms with Gasteiger partial charge in [0.2, 0.25) is 5.91 Å². The van der Waals surface area contributed by atoms with Crippen molar-refractivity contribution in [1.82, 2.24) is 15.0 Å². The van der Waals surface area contributed by atoms with E-state index in [1.807, 2.05) is 13.8 Å². The van der Waals surface area contributed by atoms with Crippen molar-refractivity contribution in [3.8, 4) is 0 Å². The summed E-state index contributed by atoms with van der Waals surface area (Å²) in [5.74, 6) is -0.436. The molecule has 0 saturated carbocycles. The Morgan fingerprint density at radius 2 is 1.85 bits per heavy atom. The lowest BCUT2D eigenvalue weighted by Gasteiger charge is -2.13. The predicted molar refractivity (Wildman–Crippen MR) is 101 cm³/mol. The van der Waals surface area contributed by atoms with Gasteiger partial charge in [-0.15, -0.1) is 16.4 Å². The third-order valence-electron chi connectivity index (χ3n) is 4.33. The van der Waals surface area contributed by atoms with Gasteiger partial charge >= 0.3 is 0 Å². The molecule has 2 heterocycles. The molecule has 1 amide bonds. The molecule has 0 spiro atoms. The summed E-state index contributed by atoms with van der Waals surface area (Å²) in [4.78, 5) is 38.1. The molecule has 0 aliphatic heterocycles. The number of fused-ring (bicyclic) bond motifs is 1. The molecular formula is C18H18N4O3S. The van der Waals surface area contributed by atoms with Crippen molar-refractivity contribution in [2.24, 2.45) is 0 Å². The molecule has 0 aliphatic rings. The Kier molecular flexibility index (Phi) is 4.69. The molecule has 0 radical (unpaired) electrons. The van der Waals surface area contributed by atoms with Crippen molar-refractivity contribution in [2.75, 3.05) is 5.32 Å². The highest BCUT2D eigenvalue weighted by Gasteiger charge is 2.21. The van der Waals surface area contributed by atoms with Crippen LogP contribution in [0.4, 0.5) is 5.69 Å². The van der Waals surface area contributed by atoms with E-state index < -0.39 is 6.04 Å². The van der Waals surface area contributed by atoms with Crippen molar-refractivity contribution >= 4 is 38.9 Å². The molecule has 1 N–H and O–H groups in total. The van der Waals surface area contributed by atoms with E-state index >= 15 is 0 Å². The van der Waals surface area contributed by atoms with Crippen LogP contribution >= 0.6 is 11.3 Å². The van der Waals surface area contributed by atoms with Crippen LogP contribution in [0.1, 0.15) is 40.7 Å². The summed E-state index contributed by atoms with van der Waals surface area (Å²) in [6, 6.07) is 5.74. The van der Waals surface area contributed by atoms with Crippen molar-refractivity contribution < 1.29 is 9.59 Å². The number of thiophene rings is 1. The van der Waals surface area contributed by atoms with Gasteiger partial charge in [-0.05, 0) is 57.5 Å². The summed E-state index contributed by atoms with van der Waals surface area (Å²) >= 11 is 1.41. The molecule has 1 aromatic carbocycles. The summed E-state index contributed by atoms with van der Waals surface area (Å²) in [5, 5.41) is 11.2. The molecule has 134 valence electrons. The average molecular weight is 370 g/mol. The van der Waals surface area contributed by atoms with E-state index in [0.717, 1.165) is 15.1 Å². The Balaban J connectivity index is 1.87. The zero-order chi connectivity index (χ0) is 19.0. The van der Waals surface area contributed by atoms with Crippen LogP contribution in [0.5, 0.6) is 0 Å². The highest BCUT2D eigenvalue weighted by molar-refractivity contribution is 7.18. The highest BCUT2D eigenvalue weighted by Crippen LogP contribution is 2.25. The standard InChI is InChI=1S/C18H18N4O3S/c1-9-12(4)26-17-15(9)18(25)22(21-20-17)10(2)16(24)19-14-7-5-13(6-8-14)11(3)23/h5-8,10H,1-4H3,(H,19,24). The lowest BCUT2D eigenvalue weighted by atomic mass is 10.1. The fourth-order valence-electron chi connectivity index (χ4n) is 2.57. The van der Waals surface area contributed by atoms with Crippen LogP contribution in [0.2, 0.25) is 0 Å². The molecule has 0 fully saturated rings. The van der Waals surface area contributed by atoms with E-state index in [4.69, 9.17) is 0 Å². The number of aromatic nitrogens is 3. The Morgan fingerprint density at radius 1 is 1.19 bits per heavy atom. The molecule has 0 aliphatic carbocycles. The number of rotatable bonds is 4. The van der Waals surface area contributed by atoms with Crippen molar-refractivity contribution in [3.63, 3.8) is 0 Å². The molecule has 8 heteroatoms. The molecule has 1 atom stereocenters. The van der Waals surface area contributed by atoms with Crippen LogP contribution in [0.3, 0.4) is 0 Å². The molecule has 3 rings (SSSR count). The second-order valence-corrected chi connectivity index (χ2v) is 7.30. The molecule has 26 heavy (non-hydrogen) atoms. The van der Waals surface area contributed by atoms with Crippen molar-refractivity contribution in [2.45, 2.75) is 33.7 Å². The van der Waals surface area contributed by atoms with Gasteiger partial charge in [-0.1, -0.05) is 5.21 Å². The van der Waals surface area contributed by atoms with Gasteiger partial charge in [-0.25, -0.2) is 0 Å². The maximum absolute atomic E-state index is 12.7. The first-order valence-electron chi connectivity index (χ1n) is 8.06. The first-order chi connectivity index (χ1) is 12.3. The summed E-state index contributed by atoms with van der Waals surface area (Å²) in [6.07, 6.45) is 0. The van der Waals surface area contributed by atoms with Gasteiger partial charge in [0.15, 0.2) is 10.6 Å². The summed E-state index contributed by atoms with van der Waals surface area (Å²) in [7, 11) is 0. The second kappa shape index (κ2) is 6.80. The van der Waals surface area contributed by atoms with E-state index in [9.17, 15) is 14.4 Å². The number of carbonyl (C=O) groups excluding carboxylic acids is 2. The third-order valence-corrected chi connectivity index (χ3v) is 5.42. The van der Waals surface area contributed by atoms with Gasteiger partial charge in [0.05, 0.1) is 5.39 Å². The topological polar surface area (TPSA) is 93.9 Å². The van der Waals surface area contributed by atoms with Gasteiger partial charge in [0, 0.05) is 16.1 Å². The number of nitrogens with zero attached hydrogens (tertiary/aromatic N) is 3. The van der Waals surface area contributed by atoms with Crippen LogP contribution in [0.25, 0.3) is 10.2 Å². The van der Waals surface area contributed by atoms with Crippen LogP contribution in [-0.4, -0.2) is 26.7 Å². The Labute approximate surface area is 153 Å². The molecule has 0 bridgehead atoms. The number of amides is 1. The minimum absolute atomic E-state index is 0.0483. The highest BCUT2D eigenvalue weighted by atomic mass is 32.1. The number of benzene rings is 1. The number of carbonyl (C=O) groups is 2. The third kappa shape index (κ3) is 3.15. The molecular weight excluding hydrogens is 352 g/mol. The summed E-state index contributed by atoms with van der Waals surface area (Å²) in [6.45, 7) is 6.86. The van der Waals surface area contributed by atoms with Gasteiger partial charge in [-0.2, -0.15) is 4.68 Å². The smallest absolute Gasteiger partial charge is 0.279 e. The number of anilines is 1. The van der Waals surface area contributed by atoms with Crippen molar-refractivity contribution in [1.29, 1.82) is 0 Å². The monoisotopic (exact) mass is 370 g/mol. The average Bonchev–Trinajstić information content (AvgIpc) is 2.90. The quantitative estimate of drug-likeness (QED) is 0.713. The molecule has 3 aromatic rings. The predicted octanol–water partition coefficient (Wildman–Crippen LogP) is 2.87. The largest absolute Gasteiger partial charge is 0.324 e. The maximum Gasteiger partial charge on any atom is 0.279 e. The molecule has 7 nitrogen and oxygen atoms in total. The normalized spacial score (nSPS) is 12.2. The minimum atomic E-state index is -0.827. The molecule has 2 aromatic heterocycles. The number of nitrogens with one attached hydrogen (secondary N) is 1. The van der Waals surface area contributed by atoms with Gasteiger partial charge in [0.1, 0.15) is 6.04 Å². The number of aryl methyl sites for hydroxylation is 2. The Bertz CT molecular complexity index is 1070. The SMILES string of the molecule is CC(=O)c1ccc(NC(=O)C(C)n2nnc3sc(C)c(C)c3c2=O)cc1. The fraction of sp³-hybridized carbons (Fsp3) is 0.278. The van der Waals surface area contributed by atoms with E-state index in [2.05, 4.69) is 15.6 Å². The van der Waals surface area contributed by atoms with Crippen LogP contribution in [0, 0.1) is 13.8 Å². The van der Waals surface area contributed by atoms with E-state index in [1.54, 1.807) is 31.2 Å². The first-order valence-corrected chi connectivity index (χ1v) is 8.88. The number of hydrogen-bond acceptors (Lipinski definition) is 6. The first kappa shape index (κ1) is 17.9. The van der Waals surface area contributed by atoms with E-state index in [-0.39, 0.29) is 17.2 Å². The lowest BCUT2D eigenvalue weighted by Crippen LogP contribution is -2.34. The molecule has 1 unspecified atom stereocenters. The van der Waals surface area contributed by atoms with Gasteiger partial charge in [-0.3, -0.25) is 14.4 Å². The van der Waals surface area contributed by atoms with Crippen LogP contribution in [-0.2, 0) is 4.79 Å². The fourth-order valence-corrected chi connectivity index (χ4v) is 3.54. The molecule has 0 saturated heterocycles. The van der Waals surface area contributed by atoms with E-state index in [0.29, 0.717) is 21.5 Å². The zero-order valence-corrected chi connectivity index (χ0v) is 15.7. The van der Waals surface area contributed by atoms with Gasteiger partial charge < -0.3 is 5.32 Å². The maximum atomic E-state index is 12.7. The number of hydrogen-bond donors (Lipinski definition) is 1.